The van der Waals surface area contributed by atoms with Crippen molar-refractivity contribution >= 4 is 56.6 Å². The molecule has 1 unspecified atom stereocenters. The highest BCUT2D eigenvalue weighted by Crippen LogP contribution is 2.34. The van der Waals surface area contributed by atoms with Gasteiger partial charge in [0.05, 0.1) is 15.8 Å². The molecule has 1 N–H and O–H groups in total. The molecular weight excluding hydrogens is 468 g/mol. The van der Waals surface area contributed by atoms with Gasteiger partial charge in [-0.1, -0.05) is 29.3 Å². The summed E-state index contributed by atoms with van der Waals surface area (Å²) in [5.41, 5.74) is 1.87. The number of rotatable bonds is 6. The number of imide groups is 1. The third-order valence-electron chi connectivity index (χ3n) is 4.91. The van der Waals surface area contributed by atoms with E-state index in [2.05, 4.69) is 4.72 Å². The van der Waals surface area contributed by atoms with Gasteiger partial charge in [0, 0.05) is 22.0 Å². The third-order valence-corrected chi connectivity index (χ3v) is 7.75. The van der Waals surface area contributed by atoms with Crippen LogP contribution in [-0.2, 0) is 19.6 Å². The summed E-state index contributed by atoms with van der Waals surface area (Å²) < 4.78 is 27.6. The number of aryl methyl sites for hydroxylation is 1. The Bertz CT molecular complexity index is 1260. The van der Waals surface area contributed by atoms with Crippen LogP contribution in [0.2, 0.25) is 5.02 Å². The van der Waals surface area contributed by atoms with Crippen molar-refractivity contribution in [1.82, 2.24) is 0 Å². The normalized spacial score (nSPS) is 16.4. The standard InChI is InChI=1S/C23H19ClN2O4S2/c1-15-2-12-20(13-3-15)32(29,30)25-17-6-10-19(11-7-17)31-21-14-22(27)26(23(21)28)18-8-4-16(24)5-9-18/h2-13,21,25H,14H2,1H3. The number of hydrogen-bond donors (Lipinski definition) is 1. The monoisotopic (exact) mass is 486 g/mol. The van der Waals surface area contributed by atoms with E-state index in [1.165, 1.54) is 16.7 Å². The number of halogens is 1. The average Bonchev–Trinajstić information content (AvgIpc) is 3.03. The summed E-state index contributed by atoms with van der Waals surface area (Å²) in [6, 6.07) is 19.8. The minimum absolute atomic E-state index is 0.0912. The van der Waals surface area contributed by atoms with Crippen LogP contribution in [-0.4, -0.2) is 25.5 Å². The van der Waals surface area contributed by atoms with Crippen molar-refractivity contribution in [2.24, 2.45) is 0 Å². The second-order valence-corrected chi connectivity index (χ2v) is 10.7. The molecule has 32 heavy (non-hydrogen) atoms. The number of sulfonamides is 1. The summed E-state index contributed by atoms with van der Waals surface area (Å²) in [6.45, 7) is 1.89. The van der Waals surface area contributed by atoms with E-state index in [0.29, 0.717) is 16.4 Å². The highest BCUT2D eigenvalue weighted by Gasteiger charge is 2.40. The van der Waals surface area contributed by atoms with E-state index in [1.807, 2.05) is 6.92 Å². The Labute approximate surface area is 195 Å². The van der Waals surface area contributed by atoms with Crippen molar-refractivity contribution in [3.8, 4) is 0 Å². The van der Waals surface area contributed by atoms with Crippen LogP contribution in [0.25, 0.3) is 0 Å². The van der Waals surface area contributed by atoms with E-state index >= 15 is 0 Å². The molecule has 3 aromatic carbocycles. The number of benzene rings is 3. The molecule has 0 aromatic heterocycles. The zero-order chi connectivity index (χ0) is 22.9. The minimum atomic E-state index is -3.69. The number of anilines is 2. The van der Waals surface area contributed by atoms with Gasteiger partial charge in [0.2, 0.25) is 11.8 Å². The molecule has 6 nitrogen and oxygen atoms in total. The number of hydrogen-bond acceptors (Lipinski definition) is 5. The number of carbonyl (C=O) groups is 2. The maximum absolute atomic E-state index is 12.8. The smallest absolute Gasteiger partial charge is 0.261 e. The Morgan fingerprint density at radius 1 is 0.938 bits per heavy atom. The lowest BCUT2D eigenvalue weighted by molar-refractivity contribution is -0.121. The first-order chi connectivity index (χ1) is 15.2. The lowest BCUT2D eigenvalue weighted by atomic mass is 10.2. The van der Waals surface area contributed by atoms with Crippen LogP contribution in [0.15, 0.2) is 82.6 Å². The number of thioether (sulfide) groups is 1. The predicted molar refractivity (Wildman–Crippen MR) is 127 cm³/mol. The molecule has 164 valence electrons. The quantitative estimate of drug-likeness (QED) is 0.502. The van der Waals surface area contributed by atoms with Crippen LogP contribution in [0.3, 0.4) is 0 Å². The molecule has 1 aliphatic rings. The summed E-state index contributed by atoms with van der Waals surface area (Å²) in [4.78, 5) is 27.3. The lowest BCUT2D eigenvalue weighted by Crippen LogP contribution is -2.31. The maximum atomic E-state index is 12.8. The largest absolute Gasteiger partial charge is 0.280 e. The average molecular weight is 487 g/mol. The molecule has 9 heteroatoms. The molecule has 2 amide bonds. The fourth-order valence-corrected chi connectivity index (χ4v) is 5.49. The molecular formula is C23H19ClN2O4S2. The van der Waals surface area contributed by atoms with Crippen molar-refractivity contribution in [3.63, 3.8) is 0 Å². The van der Waals surface area contributed by atoms with Crippen LogP contribution in [0.1, 0.15) is 12.0 Å². The second kappa shape index (κ2) is 8.97. The van der Waals surface area contributed by atoms with E-state index in [1.54, 1.807) is 72.8 Å². The van der Waals surface area contributed by atoms with E-state index < -0.39 is 15.3 Å². The molecule has 1 fully saturated rings. The Hall–Kier alpha value is -2.81. The van der Waals surface area contributed by atoms with E-state index in [-0.39, 0.29) is 23.1 Å². The SMILES string of the molecule is Cc1ccc(S(=O)(=O)Nc2ccc(SC3CC(=O)N(c4ccc(Cl)cc4)C3=O)cc2)cc1. The fourth-order valence-electron chi connectivity index (χ4n) is 3.25. The van der Waals surface area contributed by atoms with Crippen molar-refractivity contribution in [2.75, 3.05) is 9.62 Å². The van der Waals surface area contributed by atoms with Gasteiger partial charge >= 0.3 is 0 Å². The fraction of sp³-hybridized carbons (Fsp3) is 0.130. The predicted octanol–water partition coefficient (Wildman–Crippen LogP) is 4.87. The van der Waals surface area contributed by atoms with Crippen LogP contribution >= 0.6 is 23.4 Å². The van der Waals surface area contributed by atoms with Gasteiger partial charge in [-0.05, 0) is 67.6 Å². The number of nitrogens with zero attached hydrogens (tertiary/aromatic N) is 1. The van der Waals surface area contributed by atoms with Gasteiger partial charge in [-0.3, -0.25) is 14.3 Å². The molecule has 3 aromatic rings. The van der Waals surface area contributed by atoms with Gasteiger partial charge in [0.25, 0.3) is 10.0 Å². The maximum Gasteiger partial charge on any atom is 0.261 e. The number of amides is 2. The first kappa shape index (κ1) is 22.4. The highest BCUT2D eigenvalue weighted by atomic mass is 35.5. The Morgan fingerprint density at radius 2 is 1.56 bits per heavy atom. The molecule has 0 radical (unpaired) electrons. The minimum Gasteiger partial charge on any atom is -0.280 e. The molecule has 1 saturated heterocycles. The van der Waals surface area contributed by atoms with Gasteiger partial charge in [-0.15, -0.1) is 11.8 Å². The molecule has 1 heterocycles. The summed E-state index contributed by atoms with van der Waals surface area (Å²) >= 11 is 7.16. The molecule has 1 aliphatic heterocycles. The zero-order valence-corrected chi connectivity index (χ0v) is 19.4. The molecule has 0 aliphatic carbocycles. The van der Waals surface area contributed by atoms with E-state index in [4.69, 9.17) is 11.6 Å². The number of nitrogens with one attached hydrogen (secondary N) is 1. The first-order valence-corrected chi connectivity index (χ1v) is 12.5. The third kappa shape index (κ3) is 4.82. The first-order valence-electron chi connectivity index (χ1n) is 9.71. The second-order valence-electron chi connectivity index (χ2n) is 7.30. The molecule has 0 saturated carbocycles. The van der Waals surface area contributed by atoms with Crippen molar-refractivity contribution in [3.05, 3.63) is 83.4 Å². The number of carbonyl (C=O) groups excluding carboxylic acids is 2. The molecule has 0 spiro atoms. The summed E-state index contributed by atoms with van der Waals surface area (Å²) in [7, 11) is -3.69. The van der Waals surface area contributed by atoms with Gasteiger partial charge in [0.15, 0.2) is 0 Å². The van der Waals surface area contributed by atoms with Crippen molar-refractivity contribution in [2.45, 2.75) is 28.4 Å². The topological polar surface area (TPSA) is 83.6 Å². The van der Waals surface area contributed by atoms with Crippen LogP contribution in [0.5, 0.6) is 0 Å². The Kier molecular flexibility index (Phi) is 6.28. The van der Waals surface area contributed by atoms with Gasteiger partial charge < -0.3 is 0 Å². The lowest BCUT2D eigenvalue weighted by Gasteiger charge is -2.15. The zero-order valence-electron chi connectivity index (χ0n) is 17.0. The Morgan fingerprint density at radius 3 is 2.19 bits per heavy atom. The van der Waals surface area contributed by atoms with Crippen molar-refractivity contribution in [1.29, 1.82) is 0 Å². The van der Waals surface area contributed by atoms with Crippen molar-refractivity contribution < 1.29 is 18.0 Å². The highest BCUT2D eigenvalue weighted by molar-refractivity contribution is 8.00. The van der Waals surface area contributed by atoms with E-state index in [9.17, 15) is 18.0 Å². The van der Waals surface area contributed by atoms with Crippen LogP contribution in [0.4, 0.5) is 11.4 Å². The summed E-state index contributed by atoms with van der Waals surface area (Å²) in [6.07, 6.45) is 0.0912. The van der Waals surface area contributed by atoms with E-state index in [0.717, 1.165) is 10.5 Å². The van der Waals surface area contributed by atoms with Gasteiger partial charge in [-0.25, -0.2) is 13.3 Å². The van der Waals surface area contributed by atoms with Crippen LogP contribution < -0.4 is 9.62 Å². The molecule has 1 atom stereocenters. The van der Waals surface area contributed by atoms with Crippen LogP contribution in [0, 0.1) is 6.92 Å². The van der Waals surface area contributed by atoms with Gasteiger partial charge in [-0.2, -0.15) is 0 Å². The summed E-state index contributed by atoms with van der Waals surface area (Å²) in [5.74, 6) is -0.552. The Balaban J connectivity index is 1.43. The summed E-state index contributed by atoms with van der Waals surface area (Å²) in [5, 5.41) is -0.0230. The molecule has 4 rings (SSSR count). The molecule has 0 bridgehead atoms. The van der Waals surface area contributed by atoms with Gasteiger partial charge in [0.1, 0.15) is 0 Å².